The first-order chi connectivity index (χ1) is 9.51. The molecule has 0 aromatic heterocycles. The van der Waals surface area contributed by atoms with E-state index >= 15 is 0 Å². The van der Waals surface area contributed by atoms with Crippen molar-refractivity contribution in [2.75, 3.05) is 13.7 Å². The van der Waals surface area contributed by atoms with E-state index in [9.17, 15) is 0 Å². The highest BCUT2D eigenvalue weighted by Crippen LogP contribution is 2.40. The summed E-state index contributed by atoms with van der Waals surface area (Å²) in [6, 6.07) is 9.15. The third kappa shape index (κ3) is 3.42. The summed E-state index contributed by atoms with van der Waals surface area (Å²) in [4.78, 5) is 0. The van der Waals surface area contributed by atoms with Gasteiger partial charge in [0.1, 0.15) is 0 Å². The fraction of sp³-hybridized carbons (Fsp3) is 0.667. The maximum absolute atomic E-state index is 6.06. The largest absolute Gasteiger partial charge is 0.379 e. The molecule has 0 spiro atoms. The Kier molecular flexibility index (Phi) is 4.87. The van der Waals surface area contributed by atoms with E-state index in [4.69, 9.17) is 10.5 Å². The molecule has 1 aromatic rings. The molecule has 0 heterocycles. The van der Waals surface area contributed by atoms with Crippen molar-refractivity contribution >= 4 is 0 Å². The Morgan fingerprint density at radius 2 is 1.75 bits per heavy atom. The van der Waals surface area contributed by atoms with E-state index in [1.807, 2.05) is 0 Å². The number of rotatable bonds is 6. The van der Waals surface area contributed by atoms with Gasteiger partial charge < -0.3 is 10.5 Å². The van der Waals surface area contributed by atoms with Crippen LogP contribution in [0.15, 0.2) is 24.3 Å². The van der Waals surface area contributed by atoms with Gasteiger partial charge in [-0.3, -0.25) is 0 Å². The zero-order valence-electron chi connectivity index (χ0n) is 13.2. The van der Waals surface area contributed by atoms with Crippen LogP contribution in [0.25, 0.3) is 0 Å². The molecule has 2 nitrogen and oxygen atoms in total. The number of nitrogens with two attached hydrogens (primary N) is 1. The Morgan fingerprint density at radius 3 is 2.25 bits per heavy atom. The van der Waals surface area contributed by atoms with Crippen molar-refractivity contribution in [2.24, 2.45) is 5.73 Å². The van der Waals surface area contributed by atoms with Crippen molar-refractivity contribution in [2.45, 2.75) is 63.4 Å². The van der Waals surface area contributed by atoms with Gasteiger partial charge in [-0.15, -0.1) is 0 Å². The monoisotopic (exact) mass is 275 g/mol. The summed E-state index contributed by atoms with van der Waals surface area (Å²) in [6.07, 6.45) is 7.25. The van der Waals surface area contributed by atoms with Crippen LogP contribution in [0.3, 0.4) is 0 Å². The average Bonchev–Trinajstić information content (AvgIpc) is 2.96. The molecular formula is C18H29NO. The first-order valence-electron chi connectivity index (χ1n) is 7.86. The molecule has 0 atom stereocenters. The summed E-state index contributed by atoms with van der Waals surface area (Å²) in [5.74, 6) is 0. The van der Waals surface area contributed by atoms with Crippen LogP contribution < -0.4 is 5.73 Å². The van der Waals surface area contributed by atoms with E-state index in [1.165, 1.54) is 36.8 Å². The summed E-state index contributed by atoms with van der Waals surface area (Å²) in [6.45, 7) is 5.07. The van der Waals surface area contributed by atoms with Crippen molar-refractivity contribution in [3.05, 3.63) is 35.4 Å². The second kappa shape index (κ2) is 6.28. The lowest BCUT2D eigenvalue weighted by molar-refractivity contribution is 0.0158. The minimum absolute atomic E-state index is 0.0391. The van der Waals surface area contributed by atoms with Gasteiger partial charge in [0.2, 0.25) is 0 Å². The van der Waals surface area contributed by atoms with E-state index in [2.05, 4.69) is 38.1 Å². The third-order valence-electron chi connectivity index (χ3n) is 5.09. The molecule has 0 unspecified atom stereocenters. The molecular weight excluding hydrogens is 246 g/mol. The summed E-state index contributed by atoms with van der Waals surface area (Å²) in [5.41, 5.74) is 9.10. The summed E-state index contributed by atoms with van der Waals surface area (Å²) < 4.78 is 5.48. The topological polar surface area (TPSA) is 35.2 Å². The number of aryl methyl sites for hydroxylation is 1. The van der Waals surface area contributed by atoms with Crippen molar-refractivity contribution < 1.29 is 4.74 Å². The van der Waals surface area contributed by atoms with Gasteiger partial charge in [0, 0.05) is 19.1 Å². The number of ether oxygens (including phenoxy) is 1. The van der Waals surface area contributed by atoms with E-state index < -0.39 is 0 Å². The number of hydrogen-bond acceptors (Lipinski definition) is 2. The maximum Gasteiger partial charge on any atom is 0.0625 e. The normalized spacial score (nSPS) is 18.4. The fourth-order valence-electron chi connectivity index (χ4n) is 3.23. The molecule has 2 rings (SSSR count). The van der Waals surface area contributed by atoms with Crippen LogP contribution in [0.1, 0.15) is 57.1 Å². The Balaban J connectivity index is 2.03. The van der Waals surface area contributed by atoms with Gasteiger partial charge in [-0.25, -0.2) is 0 Å². The van der Waals surface area contributed by atoms with E-state index in [0.29, 0.717) is 0 Å². The van der Waals surface area contributed by atoms with Gasteiger partial charge in [0.05, 0.1) is 5.60 Å². The second-order valence-electron chi connectivity index (χ2n) is 6.85. The van der Waals surface area contributed by atoms with E-state index in [-0.39, 0.29) is 11.0 Å². The van der Waals surface area contributed by atoms with Gasteiger partial charge in [-0.1, -0.05) is 37.1 Å². The van der Waals surface area contributed by atoms with Gasteiger partial charge in [-0.2, -0.15) is 0 Å². The third-order valence-corrected chi connectivity index (χ3v) is 5.09. The van der Waals surface area contributed by atoms with Crippen molar-refractivity contribution in [1.29, 1.82) is 0 Å². The molecule has 0 bridgehead atoms. The lowest BCUT2D eigenvalue weighted by Gasteiger charge is -2.28. The molecule has 2 N–H and O–H groups in total. The van der Waals surface area contributed by atoms with Gasteiger partial charge in [0.25, 0.3) is 0 Å². The highest BCUT2D eigenvalue weighted by Gasteiger charge is 2.33. The lowest BCUT2D eigenvalue weighted by atomic mass is 9.78. The maximum atomic E-state index is 6.06. The van der Waals surface area contributed by atoms with Crippen LogP contribution >= 0.6 is 0 Å². The molecule has 1 saturated carbocycles. The van der Waals surface area contributed by atoms with E-state index in [1.54, 1.807) is 7.11 Å². The predicted octanol–water partition coefficient (Wildman–Crippen LogP) is 3.81. The molecule has 1 aromatic carbocycles. The molecule has 0 radical (unpaired) electrons. The SMILES string of the molecule is COC(C)(C)CCc1ccc(C2(CN)CCCC2)cc1. The van der Waals surface area contributed by atoms with Gasteiger partial charge in [0.15, 0.2) is 0 Å². The molecule has 1 fully saturated rings. The second-order valence-corrected chi connectivity index (χ2v) is 6.85. The van der Waals surface area contributed by atoms with Gasteiger partial charge >= 0.3 is 0 Å². The van der Waals surface area contributed by atoms with Gasteiger partial charge in [-0.05, 0) is 50.7 Å². The molecule has 1 aliphatic rings. The molecule has 2 heteroatoms. The zero-order chi connectivity index (χ0) is 14.6. The molecule has 112 valence electrons. The van der Waals surface area contributed by atoms with Crippen LogP contribution in [-0.2, 0) is 16.6 Å². The van der Waals surface area contributed by atoms with Crippen LogP contribution in [0, 0.1) is 0 Å². The Hall–Kier alpha value is -0.860. The molecule has 1 aliphatic carbocycles. The Morgan fingerprint density at radius 1 is 1.15 bits per heavy atom. The summed E-state index contributed by atoms with van der Waals surface area (Å²) in [5, 5.41) is 0. The highest BCUT2D eigenvalue weighted by atomic mass is 16.5. The smallest absolute Gasteiger partial charge is 0.0625 e. The summed E-state index contributed by atoms with van der Waals surface area (Å²) in [7, 11) is 1.79. The molecule has 0 aliphatic heterocycles. The number of methoxy groups -OCH3 is 1. The predicted molar refractivity (Wildman–Crippen MR) is 85.1 cm³/mol. The highest BCUT2D eigenvalue weighted by molar-refractivity contribution is 5.31. The van der Waals surface area contributed by atoms with E-state index in [0.717, 1.165) is 19.4 Å². The van der Waals surface area contributed by atoms with Crippen LogP contribution in [-0.4, -0.2) is 19.3 Å². The first kappa shape index (κ1) is 15.5. The zero-order valence-corrected chi connectivity index (χ0v) is 13.2. The summed E-state index contributed by atoms with van der Waals surface area (Å²) >= 11 is 0. The number of hydrogen-bond donors (Lipinski definition) is 1. The van der Waals surface area contributed by atoms with Crippen molar-refractivity contribution in [1.82, 2.24) is 0 Å². The average molecular weight is 275 g/mol. The van der Waals surface area contributed by atoms with Crippen LogP contribution in [0.2, 0.25) is 0 Å². The van der Waals surface area contributed by atoms with Crippen molar-refractivity contribution in [3.63, 3.8) is 0 Å². The standard InChI is InChI=1S/C18H29NO/c1-17(2,20-3)13-10-15-6-8-16(9-7-15)18(14-19)11-4-5-12-18/h6-9H,4-5,10-14,19H2,1-3H3. The molecule has 20 heavy (non-hydrogen) atoms. The lowest BCUT2D eigenvalue weighted by Crippen LogP contribution is -2.31. The Bertz CT molecular complexity index is 416. The quantitative estimate of drug-likeness (QED) is 0.856. The van der Waals surface area contributed by atoms with Crippen LogP contribution in [0.5, 0.6) is 0 Å². The van der Waals surface area contributed by atoms with Crippen LogP contribution in [0.4, 0.5) is 0 Å². The van der Waals surface area contributed by atoms with Crippen molar-refractivity contribution in [3.8, 4) is 0 Å². The fourth-order valence-corrected chi connectivity index (χ4v) is 3.23. The molecule has 0 saturated heterocycles. The first-order valence-corrected chi connectivity index (χ1v) is 7.86. The minimum atomic E-state index is -0.0391. The number of benzene rings is 1. The Labute approximate surface area is 123 Å². The molecule has 0 amide bonds. The minimum Gasteiger partial charge on any atom is -0.379 e.